The highest BCUT2D eigenvalue weighted by atomic mass is 16.4. The van der Waals surface area contributed by atoms with Crippen LogP contribution in [0.3, 0.4) is 0 Å². The molecule has 2 N–H and O–H groups in total. The van der Waals surface area contributed by atoms with Crippen molar-refractivity contribution in [3.05, 3.63) is 0 Å². The molecule has 2 aliphatic rings. The Morgan fingerprint density at radius 3 is 2.21 bits per heavy atom. The van der Waals surface area contributed by atoms with Gasteiger partial charge >= 0.3 is 0 Å². The normalized spacial score (nSPS) is 27.1. The van der Waals surface area contributed by atoms with Crippen molar-refractivity contribution in [3.63, 3.8) is 0 Å². The highest BCUT2D eigenvalue weighted by molar-refractivity contribution is 5.62. The molecule has 1 aliphatic heterocycles. The number of nitrogens with one attached hydrogen (secondary N) is 1. The molecule has 14 heavy (non-hydrogen) atoms. The van der Waals surface area contributed by atoms with Crippen LogP contribution in [0.5, 0.6) is 0 Å². The zero-order valence-corrected chi connectivity index (χ0v) is 8.96. The van der Waals surface area contributed by atoms with Crippen LogP contribution in [0.2, 0.25) is 0 Å². The van der Waals surface area contributed by atoms with Crippen molar-refractivity contribution in [1.82, 2.24) is 5.32 Å². The van der Waals surface area contributed by atoms with Gasteiger partial charge in [0.25, 0.3) is 5.97 Å². The summed E-state index contributed by atoms with van der Waals surface area (Å²) in [7, 11) is 0. The minimum Gasteiger partial charge on any atom is -0.481 e. The third-order valence-electron chi connectivity index (χ3n) is 3.16. The average Bonchev–Trinajstić information content (AvgIpc) is 2.76. The van der Waals surface area contributed by atoms with Crippen molar-refractivity contribution < 1.29 is 9.90 Å². The summed E-state index contributed by atoms with van der Waals surface area (Å²) in [5.41, 5.74) is 0. The molecule has 0 aromatic carbocycles. The Morgan fingerprint density at radius 1 is 1.21 bits per heavy atom. The van der Waals surface area contributed by atoms with Gasteiger partial charge in [-0.2, -0.15) is 0 Å². The predicted octanol–water partition coefficient (Wildman–Crippen LogP) is 1.88. The van der Waals surface area contributed by atoms with Gasteiger partial charge in [-0.05, 0) is 31.3 Å². The number of carbonyl (C=O) groups is 1. The Labute approximate surface area is 85.9 Å². The maximum atomic E-state index is 9.00. The number of aliphatic carboxylic acids is 1. The lowest BCUT2D eigenvalue weighted by Crippen LogP contribution is -2.15. The number of rotatable bonds is 1. The molecule has 2 fully saturated rings. The Hall–Kier alpha value is -0.570. The van der Waals surface area contributed by atoms with E-state index in [0.29, 0.717) is 0 Å². The second kappa shape index (κ2) is 6.02. The molecule has 1 saturated carbocycles. The summed E-state index contributed by atoms with van der Waals surface area (Å²) >= 11 is 0. The van der Waals surface area contributed by atoms with E-state index in [4.69, 9.17) is 9.90 Å². The monoisotopic (exact) mass is 199 g/mol. The molecule has 3 heteroatoms. The van der Waals surface area contributed by atoms with Crippen molar-refractivity contribution >= 4 is 5.97 Å². The van der Waals surface area contributed by atoms with E-state index in [0.717, 1.165) is 18.8 Å². The fraction of sp³-hybridized carbons (Fsp3) is 0.909. The first-order valence-corrected chi connectivity index (χ1v) is 5.60. The Balaban J connectivity index is 0.000000213. The van der Waals surface area contributed by atoms with E-state index < -0.39 is 5.97 Å². The van der Waals surface area contributed by atoms with E-state index >= 15 is 0 Å². The summed E-state index contributed by atoms with van der Waals surface area (Å²) in [6.07, 6.45) is 7.49. The van der Waals surface area contributed by atoms with E-state index in [1.165, 1.54) is 45.2 Å². The van der Waals surface area contributed by atoms with Crippen LogP contribution in [-0.4, -0.2) is 24.2 Å². The van der Waals surface area contributed by atoms with Crippen LogP contribution in [0.4, 0.5) is 0 Å². The molecule has 0 aromatic heterocycles. The minimum absolute atomic E-state index is 0.833. The Kier molecular flexibility index (Phi) is 4.94. The van der Waals surface area contributed by atoms with Crippen LogP contribution in [0.15, 0.2) is 0 Å². The van der Waals surface area contributed by atoms with Gasteiger partial charge in [-0.3, -0.25) is 4.79 Å². The second-order valence-corrected chi connectivity index (χ2v) is 4.32. The fourth-order valence-electron chi connectivity index (χ4n) is 2.51. The maximum Gasteiger partial charge on any atom is 0.300 e. The molecule has 0 radical (unpaired) electrons. The summed E-state index contributed by atoms with van der Waals surface area (Å²) < 4.78 is 0. The number of carboxylic acid groups (broad SMARTS) is 1. The zero-order valence-electron chi connectivity index (χ0n) is 8.96. The molecule has 1 saturated heterocycles. The second-order valence-electron chi connectivity index (χ2n) is 4.32. The van der Waals surface area contributed by atoms with Gasteiger partial charge in [0.1, 0.15) is 0 Å². The van der Waals surface area contributed by atoms with Crippen molar-refractivity contribution in [1.29, 1.82) is 0 Å². The van der Waals surface area contributed by atoms with Gasteiger partial charge in [0.2, 0.25) is 0 Å². The number of carboxylic acids is 1. The van der Waals surface area contributed by atoms with Crippen LogP contribution >= 0.6 is 0 Å². The highest BCUT2D eigenvalue weighted by Crippen LogP contribution is 2.33. The van der Waals surface area contributed by atoms with Gasteiger partial charge in [-0.1, -0.05) is 25.7 Å². The van der Waals surface area contributed by atoms with Crippen LogP contribution in [0.1, 0.15) is 39.0 Å². The quantitative estimate of drug-likeness (QED) is 0.678. The Bertz CT molecular complexity index is 152. The summed E-state index contributed by atoms with van der Waals surface area (Å²) in [5, 5.41) is 10.9. The van der Waals surface area contributed by atoms with Gasteiger partial charge in [0, 0.05) is 6.92 Å². The topological polar surface area (TPSA) is 49.3 Å². The Morgan fingerprint density at radius 2 is 1.79 bits per heavy atom. The predicted molar refractivity (Wildman–Crippen MR) is 56.2 cm³/mol. The maximum absolute atomic E-state index is 9.00. The molecule has 1 aliphatic carbocycles. The van der Waals surface area contributed by atoms with Gasteiger partial charge in [-0.25, -0.2) is 0 Å². The SMILES string of the molecule is C1CCC(C2CCNC2)C1.CC(=O)O. The molecule has 1 atom stereocenters. The lowest BCUT2D eigenvalue weighted by Gasteiger charge is -2.15. The summed E-state index contributed by atoms with van der Waals surface area (Å²) in [6, 6.07) is 0. The number of hydrogen-bond donors (Lipinski definition) is 2. The first-order chi connectivity index (χ1) is 6.70. The molecule has 0 aromatic rings. The van der Waals surface area contributed by atoms with Gasteiger partial charge in [0.15, 0.2) is 0 Å². The molecule has 0 spiro atoms. The van der Waals surface area contributed by atoms with E-state index in [1.807, 2.05) is 0 Å². The highest BCUT2D eigenvalue weighted by Gasteiger charge is 2.26. The van der Waals surface area contributed by atoms with Crippen LogP contribution < -0.4 is 5.32 Å². The lowest BCUT2D eigenvalue weighted by atomic mass is 9.90. The van der Waals surface area contributed by atoms with Crippen molar-refractivity contribution in [2.45, 2.75) is 39.0 Å². The molecule has 3 nitrogen and oxygen atoms in total. The van der Waals surface area contributed by atoms with Crippen molar-refractivity contribution in [2.75, 3.05) is 13.1 Å². The van der Waals surface area contributed by atoms with E-state index in [9.17, 15) is 0 Å². The summed E-state index contributed by atoms with van der Waals surface area (Å²) in [6.45, 7) is 3.67. The molecule has 82 valence electrons. The van der Waals surface area contributed by atoms with Crippen molar-refractivity contribution in [2.24, 2.45) is 11.8 Å². The van der Waals surface area contributed by atoms with Gasteiger partial charge in [0.05, 0.1) is 0 Å². The molecule has 1 heterocycles. The van der Waals surface area contributed by atoms with E-state index in [1.54, 1.807) is 0 Å². The molecule has 0 amide bonds. The molecular formula is C11H21NO2. The molecule has 1 unspecified atom stereocenters. The minimum atomic E-state index is -0.833. The first-order valence-electron chi connectivity index (χ1n) is 5.60. The largest absolute Gasteiger partial charge is 0.481 e. The summed E-state index contributed by atoms with van der Waals surface area (Å²) in [4.78, 5) is 9.00. The third kappa shape index (κ3) is 4.09. The standard InChI is InChI=1S/C9H17N.C2H4O2/c1-2-4-8(3-1)9-5-6-10-7-9;1-2(3)4/h8-10H,1-7H2;1H3,(H,3,4). The van der Waals surface area contributed by atoms with Gasteiger partial charge in [-0.15, -0.1) is 0 Å². The fourth-order valence-corrected chi connectivity index (χ4v) is 2.51. The third-order valence-corrected chi connectivity index (χ3v) is 3.16. The van der Waals surface area contributed by atoms with Crippen molar-refractivity contribution in [3.8, 4) is 0 Å². The van der Waals surface area contributed by atoms with Crippen LogP contribution in [0, 0.1) is 11.8 Å². The first kappa shape index (κ1) is 11.5. The number of hydrogen-bond acceptors (Lipinski definition) is 2. The zero-order chi connectivity index (χ0) is 10.4. The smallest absolute Gasteiger partial charge is 0.300 e. The van der Waals surface area contributed by atoms with E-state index in [2.05, 4.69) is 5.32 Å². The lowest BCUT2D eigenvalue weighted by molar-refractivity contribution is -0.134. The van der Waals surface area contributed by atoms with E-state index in [-0.39, 0.29) is 0 Å². The van der Waals surface area contributed by atoms with Gasteiger partial charge < -0.3 is 10.4 Å². The van der Waals surface area contributed by atoms with Crippen LogP contribution in [-0.2, 0) is 4.79 Å². The van der Waals surface area contributed by atoms with Crippen LogP contribution in [0.25, 0.3) is 0 Å². The molecular weight excluding hydrogens is 178 g/mol. The summed E-state index contributed by atoms with van der Waals surface area (Å²) in [5.74, 6) is 1.30. The average molecular weight is 199 g/mol. The molecule has 0 bridgehead atoms. The molecule has 2 rings (SSSR count).